The van der Waals surface area contributed by atoms with E-state index >= 15 is 4.39 Å². The smallest absolute Gasteiger partial charge is 0.306 e. The van der Waals surface area contributed by atoms with E-state index in [0.29, 0.717) is 37.7 Å². The number of ketones is 2. The average molecular weight is 771 g/mol. The van der Waals surface area contributed by atoms with Gasteiger partial charge >= 0.3 is 11.9 Å². The molecule has 310 valence electrons. The SMILES string of the molecule is CCCCCCC(C/C=C\CCCCCCCC(=O)OCC(=O)[C@@]1(O)[C@H](C)C[C@H]2[C@@H]3CCC4=CC(=O)C=C[C@]4(C)[C@@]3(F)[C@@H](O)C[C@@]21C)OC(=O)CCCCC. The highest BCUT2D eigenvalue weighted by molar-refractivity contribution is 6.01. The van der Waals surface area contributed by atoms with Gasteiger partial charge in [-0.1, -0.05) is 103 Å². The second-order valence-electron chi connectivity index (χ2n) is 17.7. The Kier molecular flexibility index (Phi) is 16.5. The number of halogens is 1. The maximum absolute atomic E-state index is 17.4. The number of allylic oxidation sites excluding steroid dienone is 5. The fourth-order valence-electron chi connectivity index (χ4n) is 10.7. The Morgan fingerprint density at radius 3 is 2.33 bits per heavy atom. The Morgan fingerprint density at radius 1 is 0.927 bits per heavy atom. The van der Waals surface area contributed by atoms with Crippen molar-refractivity contribution in [1.82, 2.24) is 0 Å². The fraction of sp³-hybridized carbons (Fsp3) is 0.783. The first-order valence-corrected chi connectivity index (χ1v) is 21.8. The number of aliphatic hydroxyl groups is 2. The van der Waals surface area contributed by atoms with Crippen LogP contribution in [0.15, 0.2) is 36.0 Å². The first-order chi connectivity index (χ1) is 26.2. The minimum absolute atomic E-state index is 0.0470. The molecule has 0 amide bonds. The highest BCUT2D eigenvalue weighted by Gasteiger charge is 2.75. The molecule has 4 aliphatic rings. The van der Waals surface area contributed by atoms with E-state index < -0.39 is 58.4 Å². The molecular weight excluding hydrogens is 699 g/mol. The average Bonchev–Trinajstić information content (AvgIpc) is 3.35. The summed E-state index contributed by atoms with van der Waals surface area (Å²) in [5.41, 5.74) is -5.48. The number of carbonyl (C=O) groups is 4. The van der Waals surface area contributed by atoms with Gasteiger partial charge < -0.3 is 19.7 Å². The van der Waals surface area contributed by atoms with E-state index in [1.54, 1.807) is 26.8 Å². The lowest BCUT2D eigenvalue weighted by Gasteiger charge is -2.62. The van der Waals surface area contributed by atoms with Gasteiger partial charge in [0.15, 0.2) is 18.1 Å². The number of esters is 2. The predicted octanol–water partition coefficient (Wildman–Crippen LogP) is 9.59. The van der Waals surface area contributed by atoms with Crippen LogP contribution in [-0.4, -0.2) is 63.8 Å². The van der Waals surface area contributed by atoms with Crippen molar-refractivity contribution in [2.45, 2.75) is 193 Å². The van der Waals surface area contributed by atoms with Gasteiger partial charge in [-0.05, 0) is 95.1 Å². The number of aliphatic hydroxyl groups excluding tert-OH is 1. The molecule has 0 saturated heterocycles. The van der Waals surface area contributed by atoms with Crippen LogP contribution in [0.5, 0.6) is 0 Å². The van der Waals surface area contributed by atoms with Gasteiger partial charge in [0.1, 0.15) is 11.7 Å². The predicted molar refractivity (Wildman–Crippen MR) is 213 cm³/mol. The van der Waals surface area contributed by atoms with Crippen molar-refractivity contribution in [3.8, 4) is 0 Å². The molecule has 0 radical (unpaired) electrons. The van der Waals surface area contributed by atoms with Crippen molar-refractivity contribution in [2.24, 2.45) is 28.6 Å². The van der Waals surface area contributed by atoms with E-state index in [4.69, 9.17) is 9.47 Å². The van der Waals surface area contributed by atoms with Crippen LogP contribution in [0.3, 0.4) is 0 Å². The molecule has 55 heavy (non-hydrogen) atoms. The minimum Gasteiger partial charge on any atom is -0.462 e. The standard InChI is InChI=1S/C46H71FO8/c1-6-8-10-18-21-36(55-42(52)24-17-9-7-2)22-19-15-13-11-12-14-16-20-23-41(51)54-32-40(50)46(53)33(3)29-38-37-26-25-34-30-35(48)27-28-43(34,4)45(37,47)39(49)31-44(38,46)5/h15,19,27-28,30,33,36-39,49,53H,6-14,16-18,20-26,29,31-32H2,1-5H3/b19-15-/t33-,36?,37+,38+,39+,43+,44+,45+,46+/m1/s1. The molecule has 0 aromatic carbocycles. The monoisotopic (exact) mass is 771 g/mol. The third kappa shape index (κ3) is 9.91. The molecule has 0 bridgehead atoms. The topological polar surface area (TPSA) is 127 Å². The van der Waals surface area contributed by atoms with Crippen molar-refractivity contribution in [2.75, 3.05) is 6.61 Å². The number of ether oxygens (including phenoxy) is 2. The van der Waals surface area contributed by atoms with E-state index in [-0.39, 0.29) is 36.6 Å². The summed E-state index contributed by atoms with van der Waals surface area (Å²) in [5.74, 6) is -2.83. The van der Waals surface area contributed by atoms with Gasteiger partial charge in [-0.15, -0.1) is 0 Å². The molecule has 9 heteroatoms. The molecule has 1 unspecified atom stereocenters. The van der Waals surface area contributed by atoms with E-state index in [2.05, 4.69) is 26.0 Å². The highest BCUT2D eigenvalue weighted by atomic mass is 19.1. The van der Waals surface area contributed by atoms with Gasteiger partial charge in [0.05, 0.1) is 6.10 Å². The molecule has 4 aliphatic carbocycles. The molecular formula is C46H71FO8. The van der Waals surface area contributed by atoms with Crippen LogP contribution in [0.4, 0.5) is 4.39 Å². The van der Waals surface area contributed by atoms with Gasteiger partial charge in [-0.25, -0.2) is 4.39 Å². The van der Waals surface area contributed by atoms with Gasteiger partial charge in [-0.2, -0.15) is 0 Å². The second-order valence-corrected chi connectivity index (χ2v) is 17.7. The van der Waals surface area contributed by atoms with Crippen molar-refractivity contribution in [3.05, 3.63) is 36.0 Å². The van der Waals surface area contributed by atoms with Crippen LogP contribution >= 0.6 is 0 Å². The minimum atomic E-state index is -2.04. The molecule has 8 nitrogen and oxygen atoms in total. The maximum atomic E-state index is 17.4. The van der Waals surface area contributed by atoms with Crippen LogP contribution in [-0.2, 0) is 28.7 Å². The number of fused-ring (bicyclic) bond motifs is 5. The molecule has 9 atom stereocenters. The summed E-state index contributed by atoms with van der Waals surface area (Å²) >= 11 is 0. The summed E-state index contributed by atoms with van der Waals surface area (Å²) in [6, 6.07) is 0. The zero-order valence-corrected chi connectivity index (χ0v) is 34.6. The summed E-state index contributed by atoms with van der Waals surface area (Å²) < 4.78 is 28.6. The second kappa shape index (κ2) is 20.2. The summed E-state index contributed by atoms with van der Waals surface area (Å²) in [4.78, 5) is 50.8. The van der Waals surface area contributed by atoms with E-state index in [1.165, 1.54) is 31.4 Å². The molecule has 0 aliphatic heterocycles. The lowest BCUT2D eigenvalue weighted by molar-refractivity contribution is -0.220. The fourth-order valence-corrected chi connectivity index (χ4v) is 10.7. The molecule has 4 rings (SSSR count). The zero-order valence-electron chi connectivity index (χ0n) is 34.6. The Labute approximate surface area is 330 Å². The van der Waals surface area contributed by atoms with Crippen LogP contribution < -0.4 is 0 Å². The molecule has 0 spiro atoms. The summed E-state index contributed by atoms with van der Waals surface area (Å²) in [5, 5.41) is 23.7. The van der Waals surface area contributed by atoms with Crippen LogP contribution in [0.2, 0.25) is 0 Å². The number of carbonyl (C=O) groups excluding carboxylic acids is 4. The van der Waals surface area contributed by atoms with Gasteiger partial charge in [-0.3, -0.25) is 19.2 Å². The summed E-state index contributed by atoms with van der Waals surface area (Å²) in [6.07, 6.45) is 24.1. The first-order valence-electron chi connectivity index (χ1n) is 21.8. The molecule has 3 saturated carbocycles. The number of hydrogen-bond donors (Lipinski definition) is 2. The van der Waals surface area contributed by atoms with Crippen molar-refractivity contribution in [3.63, 3.8) is 0 Å². The molecule has 2 N–H and O–H groups in total. The third-order valence-electron chi connectivity index (χ3n) is 14.0. The molecule has 0 aromatic rings. The summed E-state index contributed by atoms with van der Waals surface area (Å²) in [7, 11) is 0. The lowest BCUT2D eigenvalue weighted by Crippen LogP contribution is -2.69. The lowest BCUT2D eigenvalue weighted by atomic mass is 9.44. The number of rotatable bonds is 23. The van der Waals surface area contributed by atoms with Crippen molar-refractivity contribution in [1.29, 1.82) is 0 Å². The van der Waals surface area contributed by atoms with E-state index in [0.717, 1.165) is 70.6 Å². The maximum Gasteiger partial charge on any atom is 0.306 e. The number of Topliss-reactive ketones (excluding diaryl/α,β-unsaturated/α-hetero) is 1. The number of unbranched alkanes of at least 4 members (excludes halogenated alkanes) is 10. The van der Waals surface area contributed by atoms with Crippen LogP contribution in [0.25, 0.3) is 0 Å². The Morgan fingerprint density at radius 2 is 1.58 bits per heavy atom. The quantitative estimate of drug-likeness (QED) is 0.0598. The Balaban J connectivity index is 1.16. The van der Waals surface area contributed by atoms with Crippen molar-refractivity contribution < 1.29 is 43.3 Å². The third-order valence-corrected chi connectivity index (χ3v) is 14.0. The normalized spacial score (nSPS) is 33.1. The largest absolute Gasteiger partial charge is 0.462 e. The molecule has 3 fully saturated rings. The van der Waals surface area contributed by atoms with E-state index in [9.17, 15) is 29.4 Å². The van der Waals surface area contributed by atoms with Crippen LogP contribution in [0.1, 0.15) is 169 Å². The number of alkyl halides is 1. The molecule has 0 aromatic heterocycles. The summed E-state index contributed by atoms with van der Waals surface area (Å²) in [6.45, 7) is 9.09. The zero-order chi connectivity index (χ0) is 40.3. The van der Waals surface area contributed by atoms with Gasteiger partial charge in [0.25, 0.3) is 0 Å². The Bertz CT molecular complexity index is 1420. The Hall–Kier alpha value is -2.65. The molecule has 0 heterocycles. The van der Waals surface area contributed by atoms with Gasteiger partial charge in [0.2, 0.25) is 5.78 Å². The van der Waals surface area contributed by atoms with Gasteiger partial charge in [0, 0.05) is 36.0 Å². The highest BCUT2D eigenvalue weighted by Crippen LogP contribution is 2.70. The van der Waals surface area contributed by atoms with Crippen molar-refractivity contribution >= 4 is 23.5 Å². The van der Waals surface area contributed by atoms with Crippen LogP contribution in [0, 0.1) is 28.6 Å². The number of hydrogen-bond acceptors (Lipinski definition) is 8. The van der Waals surface area contributed by atoms with E-state index in [1.807, 2.05) is 0 Å². The first kappa shape index (κ1) is 45.1.